The van der Waals surface area contributed by atoms with Crippen LogP contribution >= 0.6 is 0 Å². The number of rotatable bonds is 0. The molecule has 1 spiro atoms. The summed E-state index contributed by atoms with van der Waals surface area (Å²) in [6.07, 6.45) is -0.185. The number of methoxy groups -OCH3 is 1. The van der Waals surface area contributed by atoms with Gasteiger partial charge in [-0.15, -0.1) is 0 Å². The molecule has 4 nitrogen and oxygen atoms in total. The molecule has 0 aromatic carbocycles. The van der Waals surface area contributed by atoms with E-state index in [0.29, 0.717) is 5.41 Å². The largest absolute Gasteiger partial charge is 0.453 e. The summed E-state index contributed by atoms with van der Waals surface area (Å²) in [5.74, 6) is 0. The van der Waals surface area contributed by atoms with Crippen LogP contribution in [0.25, 0.3) is 0 Å². The Balaban J connectivity index is 1.80. The molecule has 2 rings (SSSR count). The number of carbonyl (C=O) groups is 1. The fourth-order valence-electron chi connectivity index (χ4n) is 2.46. The van der Waals surface area contributed by atoms with Crippen LogP contribution in [0, 0.1) is 5.41 Å². The van der Waals surface area contributed by atoms with Crippen molar-refractivity contribution in [3.05, 3.63) is 0 Å². The maximum absolute atomic E-state index is 11.2. The lowest BCUT2D eigenvalue weighted by molar-refractivity contribution is -0.134. The van der Waals surface area contributed by atoms with Gasteiger partial charge in [-0.25, -0.2) is 4.79 Å². The van der Waals surface area contributed by atoms with Crippen LogP contribution in [-0.2, 0) is 4.74 Å². The van der Waals surface area contributed by atoms with E-state index in [9.17, 15) is 4.79 Å². The third kappa shape index (κ3) is 1.71. The van der Waals surface area contributed by atoms with Gasteiger partial charge in [-0.1, -0.05) is 0 Å². The second-order valence-corrected chi connectivity index (χ2v) is 5.85. The van der Waals surface area contributed by atoms with Gasteiger partial charge in [0, 0.05) is 37.1 Å². The van der Waals surface area contributed by atoms with Crippen LogP contribution in [0.15, 0.2) is 0 Å². The molecule has 2 saturated heterocycles. The fourth-order valence-corrected chi connectivity index (χ4v) is 2.46. The average molecular weight is 212 g/mol. The lowest BCUT2D eigenvalue weighted by atomic mass is 9.71. The second kappa shape index (κ2) is 3.11. The normalized spacial score (nSPS) is 24.7. The van der Waals surface area contributed by atoms with E-state index in [2.05, 4.69) is 30.4 Å². The molecule has 0 unspecified atom stereocenters. The zero-order chi connectivity index (χ0) is 11.3. The first-order valence-corrected chi connectivity index (χ1v) is 5.44. The molecule has 0 atom stereocenters. The molecule has 0 aromatic heterocycles. The van der Waals surface area contributed by atoms with Crippen LogP contribution in [0.3, 0.4) is 0 Å². The van der Waals surface area contributed by atoms with Gasteiger partial charge in [-0.3, -0.25) is 4.90 Å². The van der Waals surface area contributed by atoms with E-state index in [1.807, 2.05) is 0 Å². The third-order valence-electron chi connectivity index (χ3n) is 3.49. The first kappa shape index (κ1) is 10.7. The summed E-state index contributed by atoms with van der Waals surface area (Å²) in [5, 5.41) is 0. The average Bonchev–Trinajstić information content (AvgIpc) is 1.95. The van der Waals surface area contributed by atoms with Crippen molar-refractivity contribution in [2.45, 2.75) is 26.3 Å². The van der Waals surface area contributed by atoms with Crippen molar-refractivity contribution in [3.8, 4) is 0 Å². The minimum Gasteiger partial charge on any atom is -0.453 e. The number of hydrogen-bond donors (Lipinski definition) is 0. The second-order valence-electron chi connectivity index (χ2n) is 5.85. The molecular weight excluding hydrogens is 192 g/mol. The fraction of sp³-hybridized carbons (Fsp3) is 0.909. The van der Waals surface area contributed by atoms with Gasteiger partial charge in [0.2, 0.25) is 0 Å². The number of amides is 1. The van der Waals surface area contributed by atoms with E-state index in [-0.39, 0.29) is 11.6 Å². The molecule has 86 valence electrons. The highest BCUT2D eigenvalue weighted by Crippen LogP contribution is 2.42. The van der Waals surface area contributed by atoms with Gasteiger partial charge in [0.05, 0.1) is 7.11 Å². The number of likely N-dealkylation sites (tertiary alicyclic amines) is 2. The molecule has 2 aliphatic heterocycles. The number of ether oxygens (including phenoxy) is 1. The maximum Gasteiger partial charge on any atom is 0.409 e. The lowest BCUT2D eigenvalue weighted by Crippen LogP contribution is -2.75. The van der Waals surface area contributed by atoms with Crippen LogP contribution in [0.4, 0.5) is 4.79 Å². The highest BCUT2D eigenvalue weighted by Gasteiger charge is 2.55. The quantitative estimate of drug-likeness (QED) is 0.604. The van der Waals surface area contributed by atoms with Gasteiger partial charge < -0.3 is 9.64 Å². The van der Waals surface area contributed by atoms with Gasteiger partial charge in [0.25, 0.3) is 0 Å². The Hall–Kier alpha value is -0.770. The van der Waals surface area contributed by atoms with E-state index in [1.165, 1.54) is 7.11 Å². The molecule has 15 heavy (non-hydrogen) atoms. The van der Waals surface area contributed by atoms with Crippen molar-refractivity contribution >= 4 is 6.09 Å². The van der Waals surface area contributed by atoms with Crippen molar-refractivity contribution < 1.29 is 9.53 Å². The van der Waals surface area contributed by atoms with Gasteiger partial charge in [-0.2, -0.15) is 0 Å². The third-order valence-corrected chi connectivity index (χ3v) is 3.49. The van der Waals surface area contributed by atoms with Crippen molar-refractivity contribution in [1.82, 2.24) is 9.80 Å². The van der Waals surface area contributed by atoms with E-state index >= 15 is 0 Å². The standard InChI is InChI=1S/C11H20N2O2/c1-10(2,3)13-7-11(8-13)5-12(6-11)9(14)15-4/h5-8H2,1-4H3. The molecule has 0 saturated carbocycles. The Morgan fingerprint density at radius 1 is 1.20 bits per heavy atom. The van der Waals surface area contributed by atoms with Gasteiger partial charge >= 0.3 is 6.09 Å². The smallest absolute Gasteiger partial charge is 0.409 e. The molecule has 2 aliphatic rings. The first-order valence-electron chi connectivity index (χ1n) is 5.44. The molecule has 1 amide bonds. The van der Waals surface area contributed by atoms with E-state index in [1.54, 1.807) is 4.90 Å². The molecule has 0 N–H and O–H groups in total. The summed E-state index contributed by atoms with van der Waals surface area (Å²) in [6.45, 7) is 10.7. The van der Waals surface area contributed by atoms with Crippen LogP contribution in [0.1, 0.15) is 20.8 Å². The molecule has 0 radical (unpaired) electrons. The Bertz CT molecular complexity index is 269. The Kier molecular flexibility index (Phi) is 2.23. The summed E-state index contributed by atoms with van der Waals surface area (Å²) < 4.78 is 4.68. The summed E-state index contributed by atoms with van der Waals surface area (Å²) in [4.78, 5) is 15.4. The van der Waals surface area contributed by atoms with Crippen molar-refractivity contribution in [3.63, 3.8) is 0 Å². The van der Waals surface area contributed by atoms with E-state index in [4.69, 9.17) is 0 Å². The van der Waals surface area contributed by atoms with E-state index < -0.39 is 0 Å². The first-order chi connectivity index (χ1) is 6.86. The van der Waals surface area contributed by atoms with Crippen molar-refractivity contribution in [2.75, 3.05) is 33.3 Å². The lowest BCUT2D eigenvalue weighted by Gasteiger charge is -2.62. The maximum atomic E-state index is 11.2. The van der Waals surface area contributed by atoms with Crippen LogP contribution in [0.5, 0.6) is 0 Å². The summed E-state index contributed by atoms with van der Waals surface area (Å²) in [5.41, 5.74) is 0.637. The summed E-state index contributed by atoms with van der Waals surface area (Å²) in [6, 6.07) is 0. The monoisotopic (exact) mass is 212 g/mol. The van der Waals surface area contributed by atoms with Crippen molar-refractivity contribution in [1.29, 1.82) is 0 Å². The Labute approximate surface area is 91.2 Å². The minimum atomic E-state index is -0.185. The predicted octanol–water partition coefficient (Wildman–Crippen LogP) is 1.17. The molecule has 2 fully saturated rings. The molecular formula is C11H20N2O2. The highest BCUT2D eigenvalue weighted by atomic mass is 16.5. The van der Waals surface area contributed by atoms with Crippen LogP contribution in [0.2, 0.25) is 0 Å². The number of carbonyl (C=O) groups excluding carboxylic acids is 1. The Morgan fingerprint density at radius 2 is 1.73 bits per heavy atom. The molecule has 0 aliphatic carbocycles. The van der Waals surface area contributed by atoms with Gasteiger partial charge in [0.1, 0.15) is 0 Å². The van der Waals surface area contributed by atoms with Crippen molar-refractivity contribution in [2.24, 2.45) is 5.41 Å². The molecule has 4 heteroatoms. The molecule has 2 heterocycles. The predicted molar refractivity (Wildman–Crippen MR) is 57.7 cm³/mol. The summed E-state index contributed by atoms with van der Waals surface area (Å²) >= 11 is 0. The zero-order valence-corrected chi connectivity index (χ0v) is 10.0. The van der Waals surface area contributed by atoms with Gasteiger partial charge in [0.15, 0.2) is 0 Å². The number of hydrogen-bond acceptors (Lipinski definition) is 3. The van der Waals surface area contributed by atoms with E-state index in [0.717, 1.165) is 26.2 Å². The zero-order valence-electron chi connectivity index (χ0n) is 10.0. The molecule has 0 bridgehead atoms. The molecule has 0 aromatic rings. The Morgan fingerprint density at radius 3 is 2.13 bits per heavy atom. The highest BCUT2D eigenvalue weighted by molar-refractivity contribution is 5.68. The topological polar surface area (TPSA) is 32.8 Å². The SMILES string of the molecule is COC(=O)N1CC2(C1)CN(C(C)(C)C)C2. The van der Waals surface area contributed by atoms with Crippen LogP contribution in [-0.4, -0.2) is 54.7 Å². The minimum absolute atomic E-state index is 0.185. The van der Waals surface area contributed by atoms with Crippen LogP contribution < -0.4 is 0 Å². The number of nitrogens with zero attached hydrogens (tertiary/aromatic N) is 2. The van der Waals surface area contributed by atoms with Gasteiger partial charge in [-0.05, 0) is 20.8 Å². The summed E-state index contributed by atoms with van der Waals surface area (Å²) in [7, 11) is 1.44.